The molecule has 0 aromatic rings. The van der Waals surface area contributed by atoms with Gasteiger partial charge in [-0.05, 0) is 40.8 Å². The van der Waals surface area contributed by atoms with Gasteiger partial charge in [0, 0.05) is 31.7 Å². The van der Waals surface area contributed by atoms with E-state index in [-0.39, 0.29) is 11.4 Å². The zero-order valence-electron chi connectivity index (χ0n) is 13.1. The number of hydrogen-bond donors (Lipinski definition) is 2. The van der Waals surface area contributed by atoms with Gasteiger partial charge in [-0.1, -0.05) is 6.92 Å². The van der Waals surface area contributed by atoms with Crippen LogP contribution in [0.5, 0.6) is 0 Å². The summed E-state index contributed by atoms with van der Waals surface area (Å²) in [5.41, 5.74) is 5.12. The van der Waals surface area contributed by atoms with Gasteiger partial charge in [0.05, 0.1) is 5.54 Å². The second-order valence-electron chi connectivity index (χ2n) is 6.49. The zero-order valence-corrected chi connectivity index (χ0v) is 13.1. The van der Waals surface area contributed by atoms with Crippen LogP contribution in [-0.4, -0.2) is 66.6 Å². The quantitative estimate of drug-likeness (QED) is 0.726. The number of piperazine rings is 1. The van der Waals surface area contributed by atoms with Crippen molar-refractivity contribution in [3.63, 3.8) is 0 Å². The maximum Gasteiger partial charge on any atom is 0.237 e. The third-order valence-electron chi connectivity index (χ3n) is 4.43. The third kappa shape index (κ3) is 4.16. The Hall–Kier alpha value is -0.650. The van der Waals surface area contributed by atoms with Crippen molar-refractivity contribution in [2.75, 3.05) is 39.8 Å². The molecular weight excluding hydrogens is 240 g/mol. The fourth-order valence-electron chi connectivity index (χ4n) is 2.60. The summed E-state index contributed by atoms with van der Waals surface area (Å²) >= 11 is 0. The molecule has 0 saturated carbocycles. The molecule has 1 aliphatic heterocycles. The summed E-state index contributed by atoms with van der Waals surface area (Å²) in [6.07, 6.45) is 0.760. The highest BCUT2D eigenvalue weighted by molar-refractivity contribution is 5.84. The first kappa shape index (κ1) is 16.4. The normalized spacial score (nSPS) is 24.1. The van der Waals surface area contributed by atoms with Gasteiger partial charge in [0.1, 0.15) is 0 Å². The average Bonchev–Trinajstić information content (AvgIpc) is 2.31. The number of nitrogens with one attached hydrogen (secondary N) is 1. The first-order valence-corrected chi connectivity index (χ1v) is 7.20. The molecule has 112 valence electrons. The van der Waals surface area contributed by atoms with E-state index in [0.717, 1.165) is 39.1 Å². The highest BCUT2D eigenvalue weighted by Gasteiger charge is 2.34. The molecular formula is C14H30N4O. The summed E-state index contributed by atoms with van der Waals surface area (Å²) in [5.74, 6) is -0.261. The Bertz CT molecular complexity index is 319. The Morgan fingerprint density at radius 2 is 2.05 bits per heavy atom. The number of primary amides is 1. The van der Waals surface area contributed by atoms with Crippen LogP contribution in [0.15, 0.2) is 0 Å². The Morgan fingerprint density at radius 3 is 2.53 bits per heavy atom. The smallest absolute Gasteiger partial charge is 0.237 e. The van der Waals surface area contributed by atoms with Crippen LogP contribution in [0.2, 0.25) is 0 Å². The van der Waals surface area contributed by atoms with Gasteiger partial charge in [-0.3, -0.25) is 9.69 Å². The van der Waals surface area contributed by atoms with Gasteiger partial charge in [-0.15, -0.1) is 0 Å². The van der Waals surface area contributed by atoms with E-state index in [1.807, 2.05) is 13.8 Å². The van der Waals surface area contributed by atoms with Crippen LogP contribution in [-0.2, 0) is 4.79 Å². The Balaban J connectivity index is 2.54. The van der Waals surface area contributed by atoms with Gasteiger partial charge in [-0.2, -0.15) is 0 Å². The van der Waals surface area contributed by atoms with Crippen LogP contribution >= 0.6 is 0 Å². The summed E-state index contributed by atoms with van der Waals surface area (Å²) < 4.78 is 0. The van der Waals surface area contributed by atoms with E-state index in [0.29, 0.717) is 0 Å². The van der Waals surface area contributed by atoms with E-state index in [1.165, 1.54) is 0 Å². The second-order valence-corrected chi connectivity index (χ2v) is 6.49. The number of nitrogens with two attached hydrogens (primary N) is 1. The molecule has 1 saturated heterocycles. The average molecular weight is 270 g/mol. The van der Waals surface area contributed by atoms with Gasteiger partial charge in [0.2, 0.25) is 5.91 Å². The minimum Gasteiger partial charge on any atom is -0.368 e. The monoisotopic (exact) mass is 270 g/mol. The van der Waals surface area contributed by atoms with Crippen LogP contribution in [0.1, 0.15) is 34.1 Å². The lowest BCUT2D eigenvalue weighted by Gasteiger charge is -2.46. The number of carbonyl (C=O) groups excluding carboxylic acids is 1. The molecule has 1 heterocycles. The fourth-order valence-corrected chi connectivity index (χ4v) is 2.60. The predicted octanol–water partition coefficient (Wildman–Crippen LogP) is 0.256. The molecule has 0 bridgehead atoms. The molecule has 0 radical (unpaired) electrons. The molecule has 1 rings (SSSR count). The molecule has 3 N–H and O–H groups in total. The van der Waals surface area contributed by atoms with Crippen LogP contribution in [0.4, 0.5) is 0 Å². The number of likely N-dealkylation sites (N-methyl/N-ethyl adjacent to an activating group) is 2. The SMILES string of the molecule is CCNC(C)(CCN1CCN(C)C(C)(C)C1)C(N)=O. The van der Waals surface area contributed by atoms with Crippen molar-refractivity contribution < 1.29 is 4.79 Å². The summed E-state index contributed by atoms with van der Waals surface area (Å²) in [4.78, 5) is 16.4. The number of amides is 1. The maximum absolute atomic E-state index is 11.6. The Kier molecular flexibility index (Phi) is 5.35. The van der Waals surface area contributed by atoms with Gasteiger partial charge < -0.3 is 16.0 Å². The van der Waals surface area contributed by atoms with Crippen LogP contribution in [0, 0.1) is 0 Å². The molecule has 0 aliphatic carbocycles. The summed E-state index contributed by atoms with van der Waals surface area (Å²) in [7, 11) is 2.17. The van der Waals surface area contributed by atoms with Crippen molar-refractivity contribution in [2.45, 2.75) is 45.2 Å². The molecule has 1 amide bonds. The van der Waals surface area contributed by atoms with Gasteiger partial charge >= 0.3 is 0 Å². The van der Waals surface area contributed by atoms with Crippen molar-refractivity contribution in [3.05, 3.63) is 0 Å². The standard InChI is InChI=1S/C14H30N4O/c1-6-16-14(4,12(15)19)7-8-18-10-9-17(5)13(2,3)11-18/h16H,6-11H2,1-5H3,(H2,15,19). The van der Waals surface area contributed by atoms with Crippen molar-refractivity contribution in [3.8, 4) is 0 Å². The molecule has 0 aromatic carbocycles. The summed E-state index contributed by atoms with van der Waals surface area (Å²) in [5, 5.41) is 3.22. The molecule has 19 heavy (non-hydrogen) atoms. The van der Waals surface area contributed by atoms with Gasteiger partial charge in [0.25, 0.3) is 0 Å². The first-order chi connectivity index (χ1) is 8.71. The van der Waals surface area contributed by atoms with Crippen molar-refractivity contribution in [1.29, 1.82) is 0 Å². The van der Waals surface area contributed by atoms with Crippen molar-refractivity contribution in [2.24, 2.45) is 5.73 Å². The molecule has 5 nitrogen and oxygen atoms in total. The molecule has 5 heteroatoms. The van der Waals surface area contributed by atoms with Crippen LogP contribution < -0.4 is 11.1 Å². The lowest BCUT2D eigenvalue weighted by Crippen LogP contribution is -2.59. The van der Waals surface area contributed by atoms with E-state index in [2.05, 4.69) is 36.0 Å². The predicted molar refractivity (Wildman–Crippen MR) is 79.0 cm³/mol. The van der Waals surface area contributed by atoms with Crippen LogP contribution in [0.25, 0.3) is 0 Å². The number of hydrogen-bond acceptors (Lipinski definition) is 4. The number of rotatable bonds is 6. The Labute approximate surface area is 117 Å². The molecule has 1 fully saturated rings. The largest absolute Gasteiger partial charge is 0.368 e. The summed E-state index contributed by atoms with van der Waals surface area (Å²) in [6, 6.07) is 0. The molecule has 1 aliphatic rings. The van der Waals surface area contributed by atoms with Crippen molar-refractivity contribution in [1.82, 2.24) is 15.1 Å². The number of nitrogens with zero attached hydrogens (tertiary/aromatic N) is 2. The van der Waals surface area contributed by atoms with E-state index in [9.17, 15) is 4.79 Å². The Morgan fingerprint density at radius 1 is 1.42 bits per heavy atom. The highest BCUT2D eigenvalue weighted by atomic mass is 16.1. The zero-order chi connectivity index (χ0) is 14.7. The lowest BCUT2D eigenvalue weighted by atomic mass is 9.94. The van der Waals surface area contributed by atoms with Gasteiger partial charge in [0.15, 0.2) is 0 Å². The minimum atomic E-state index is -0.595. The fraction of sp³-hybridized carbons (Fsp3) is 0.929. The first-order valence-electron chi connectivity index (χ1n) is 7.20. The third-order valence-corrected chi connectivity index (χ3v) is 4.43. The molecule has 1 unspecified atom stereocenters. The molecule has 0 aromatic heterocycles. The second kappa shape index (κ2) is 6.20. The van der Waals surface area contributed by atoms with Crippen LogP contribution in [0.3, 0.4) is 0 Å². The maximum atomic E-state index is 11.6. The summed E-state index contributed by atoms with van der Waals surface area (Å²) in [6.45, 7) is 13.2. The number of carbonyl (C=O) groups is 1. The van der Waals surface area contributed by atoms with E-state index in [1.54, 1.807) is 0 Å². The van der Waals surface area contributed by atoms with Gasteiger partial charge in [-0.25, -0.2) is 0 Å². The minimum absolute atomic E-state index is 0.194. The van der Waals surface area contributed by atoms with Crippen molar-refractivity contribution >= 4 is 5.91 Å². The lowest BCUT2D eigenvalue weighted by molar-refractivity contribution is -0.124. The highest BCUT2D eigenvalue weighted by Crippen LogP contribution is 2.20. The topological polar surface area (TPSA) is 61.6 Å². The molecule has 0 spiro atoms. The van der Waals surface area contributed by atoms with E-state index in [4.69, 9.17) is 5.73 Å². The van der Waals surface area contributed by atoms with E-state index >= 15 is 0 Å². The van der Waals surface area contributed by atoms with E-state index < -0.39 is 5.54 Å². The molecule has 1 atom stereocenters.